The number of amides is 1. The van der Waals surface area contributed by atoms with Crippen molar-refractivity contribution in [3.8, 4) is 0 Å². The Hall–Kier alpha value is -1.10. The molecule has 2 unspecified atom stereocenters. The first-order valence-corrected chi connectivity index (χ1v) is 5.59. The summed E-state index contributed by atoms with van der Waals surface area (Å²) in [6.07, 6.45) is 0.240. The fourth-order valence-electron chi connectivity index (χ4n) is 1.44. The fourth-order valence-corrected chi connectivity index (χ4v) is 1.44. The molecule has 1 amide bonds. The van der Waals surface area contributed by atoms with E-state index in [-0.39, 0.29) is 24.3 Å². The predicted octanol–water partition coefficient (Wildman–Crippen LogP) is 0.428. The van der Waals surface area contributed by atoms with E-state index in [1.165, 1.54) is 0 Å². The summed E-state index contributed by atoms with van der Waals surface area (Å²) in [7, 11) is 0. The van der Waals surface area contributed by atoms with Crippen LogP contribution in [0.25, 0.3) is 0 Å². The van der Waals surface area contributed by atoms with Crippen molar-refractivity contribution in [3.05, 3.63) is 0 Å². The molecule has 0 saturated carbocycles. The Morgan fingerprint density at radius 3 is 2.25 bits per heavy atom. The molecule has 0 bridgehead atoms. The van der Waals surface area contributed by atoms with Crippen LogP contribution in [-0.4, -0.2) is 30.6 Å². The summed E-state index contributed by atoms with van der Waals surface area (Å²) < 4.78 is 4.82. The zero-order valence-electron chi connectivity index (χ0n) is 10.4. The maximum atomic E-state index is 11.2. The van der Waals surface area contributed by atoms with Gasteiger partial charge in [0, 0.05) is 6.04 Å². The van der Waals surface area contributed by atoms with Crippen LogP contribution < -0.4 is 11.1 Å². The normalized spacial score (nSPS) is 14.6. The lowest BCUT2D eigenvalue weighted by Gasteiger charge is -2.23. The van der Waals surface area contributed by atoms with Gasteiger partial charge in [0.25, 0.3) is 0 Å². The molecule has 0 fully saturated rings. The summed E-state index contributed by atoms with van der Waals surface area (Å²) in [5.41, 5.74) is 5.26. The van der Waals surface area contributed by atoms with Gasteiger partial charge in [-0.25, -0.2) is 0 Å². The van der Waals surface area contributed by atoms with Crippen LogP contribution in [0.4, 0.5) is 0 Å². The summed E-state index contributed by atoms with van der Waals surface area (Å²) in [4.78, 5) is 22.3. The second-order valence-electron chi connectivity index (χ2n) is 4.20. The largest absolute Gasteiger partial charge is 0.466 e. The average molecular weight is 230 g/mol. The monoisotopic (exact) mass is 230 g/mol. The number of esters is 1. The molecule has 0 aromatic rings. The van der Waals surface area contributed by atoms with Gasteiger partial charge in [-0.1, -0.05) is 13.8 Å². The Morgan fingerprint density at radius 1 is 1.31 bits per heavy atom. The number of ether oxygens (including phenoxy) is 1. The Balaban J connectivity index is 4.14. The molecule has 0 spiro atoms. The Kier molecular flexibility index (Phi) is 6.72. The molecule has 3 N–H and O–H groups in total. The lowest BCUT2D eigenvalue weighted by Crippen LogP contribution is -2.49. The standard InChI is InChI=1S/C11H22N2O3/c1-5-16-9(14)6-8(4)13-10(7(2)3)11(12)15/h7-8,10,13H,5-6H2,1-4H3,(H2,12,15). The van der Waals surface area contributed by atoms with Crippen molar-refractivity contribution >= 4 is 11.9 Å². The third-order valence-corrected chi connectivity index (χ3v) is 2.22. The van der Waals surface area contributed by atoms with Gasteiger partial charge >= 0.3 is 5.97 Å². The molecule has 0 aliphatic heterocycles. The van der Waals surface area contributed by atoms with E-state index in [9.17, 15) is 9.59 Å². The minimum absolute atomic E-state index is 0.0992. The molecule has 94 valence electrons. The van der Waals surface area contributed by atoms with Crippen LogP contribution in [0.2, 0.25) is 0 Å². The Morgan fingerprint density at radius 2 is 1.88 bits per heavy atom. The smallest absolute Gasteiger partial charge is 0.307 e. The highest BCUT2D eigenvalue weighted by atomic mass is 16.5. The summed E-state index contributed by atoms with van der Waals surface area (Å²) in [6, 6.07) is -0.539. The number of carbonyl (C=O) groups excluding carboxylic acids is 2. The fraction of sp³-hybridized carbons (Fsp3) is 0.818. The van der Waals surface area contributed by atoms with E-state index in [1.54, 1.807) is 6.92 Å². The summed E-state index contributed by atoms with van der Waals surface area (Å²) >= 11 is 0. The number of rotatable bonds is 7. The van der Waals surface area contributed by atoms with Gasteiger partial charge in [-0.3, -0.25) is 9.59 Å². The van der Waals surface area contributed by atoms with Crippen molar-refractivity contribution in [3.63, 3.8) is 0 Å². The van der Waals surface area contributed by atoms with Crippen molar-refractivity contribution < 1.29 is 14.3 Å². The van der Waals surface area contributed by atoms with Gasteiger partial charge in [0.15, 0.2) is 0 Å². The third-order valence-electron chi connectivity index (χ3n) is 2.22. The van der Waals surface area contributed by atoms with Crippen LogP contribution in [0.3, 0.4) is 0 Å². The average Bonchev–Trinajstić information content (AvgIpc) is 2.13. The SMILES string of the molecule is CCOC(=O)CC(C)NC(C(N)=O)C(C)C. The highest BCUT2D eigenvalue weighted by Crippen LogP contribution is 2.04. The van der Waals surface area contributed by atoms with Crippen LogP contribution in [-0.2, 0) is 14.3 Å². The zero-order valence-corrected chi connectivity index (χ0v) is 10.4. The highest BCUT2D eigenvalue weighted by Gasteiger charge is 2.22. The van der Waals surface area contributed by atoms with Crippen LogP contribution in [0, 0.1) is 5.92 Å². The van der Waals surface area contributed by atoms with Gasteiger partial charge in [0.05, 0.1) is 19.1 Å². The second kappa shape index (κ2) is 7.22. The van der Waals surface area contributed by atoms with E-state index >= 15 is 0 Å². The molecular weight excluding hydrogens is 208 g/mol. The first-order valence-electron chi connectivity index (χ1n) is 5.59. The molecule has 0 radical (unpaired) electrons. The van der Waals surface area contributed by atoms with Gasteiger partial charge in [0.1, 0.15) is 0 Å². The van der Waals surface area contributed by atoms with Crippen molar-refractivity contribution in [2.45, 2.75) is 46.2 Å². The molecular formula is C11H22N2O3. The van der Waals surface area contributed by atoms with E-state index in [0.717, 1.165) is 0 Å². The van der Waals surface area contributed by atoms with Crippen LogP contribution in [0.5, 0.6) is 0 Å². The molecule has 0 rings (SSSR count). The van der Waals surface area contributed by atoms with Crippen LogP contribution in [0.15, 0.2) is 0 Å². The van der Waals surface area contributed by atoms with E-state index in [4.69, 9.17) is 10.5 Å². The molecule has 0 saturated heterocycles. The first-order chi connectivity index (χ1) is 7.38. The second-order valence-corrected chi connectivity index (χ2v) is 4.20. The lowest BCUT2D eigenvalue weighted by atomic mass is 10.0. The summed E-state index contributed by atoms with van der Waals surface area (Å²) in [5.74, 6) is -0.567. The summed E-state index contributed by atoms with van der Waals surface area (Å²) in [6.45, 7) is 7.76. The topological polar surface area (TPSA) is 81.4 Å². The van der Waals surface area contributed by atoms with Gasteiger partial charge in [0.2, 0.25) is 5.91 Å². The van der Waals surface area contributed by atoms with E-state index < -0.39 is 11.9 Å². The number of hydrogen-bond donors (Lipinski definition) is 2. The van der Waals surface area contributed by atoms with E-state index in [2.05, 4.69) is 5.32 Å². The Bertz CT molecular complexity index is 241. The number of primary amides is 1. The van der Waals surface area contributed by atoms with Gasteiger partial charge < -0.3 is 15.8 Å². The van der Waals surface area contributed by atoms with Crippen molar-refractivity contribution in [1.82, 2.24) is 5.32 Å². The molecule has 16 heavy (non-hydrogen) atoms. The quantitative estimate of drug-likeness (QED) is 0.621. The van der Waals surface area contributed by atoms with Crippen molar-refractivity contribution in [1.29, 1.82) is 0 Å². The number of hydrogen-bond acceptors (Lipinski definition) is 4. The Labute approximate surface area is 96.7 Å². The number of carbonyl (C=O) groups is 2. The van der Waals surface area contributed by atoms with Gasteiger partial charge in [-0.05, 0) is 19.8 Å². The van der Waals surface area contributed by atoms with Crippen LogP contribution >= 0.6 is 0 Å². The van der Waals surface area contributed by atoms with Crippen LogP contribution in [0.1, 0.15) is 34.1 Å². The first kappa shape index (κ1) is 14.9. The molecule has 5 nitrogen and oxygen atoms in total. The predicted molar refractivity (Wildman–Crippen MR) is 61.7 cm³/mol. The minimum atomic E-state index is -0.413. The number of nitrogens with one attached hydrogen (secondary N) is 1. The van der Waals surface area contributed by atoms with E-state index in [0.29, 0.717) is 6.61 Å². The number of nitrogens with two attached hydrogens (primary N) is 1. The molecule has 0 aliphatic rings. The third kappa shape index (κ3) is 5.70. The maximum absolute atomic E-state index is 11.2. The lowest BCUT2D eigenvalue weighted by molar-refractivity contribution is -0.143. The van der Waals surface area contributed by atoms with Crippen molar-refractivity contribution in [2.24, 2.45) is 11.7 Å². The van der Waals surface area contributed by atoms with E-state index in [1.807, 2.05) is 20.8 Å². The maximum Gasteiger partial charge on any atom is 0.307 e. The minimum Gasteiger partial charge on any atom is -0.466 e. The van der Waals surface area contributed by atoms with Crippen molar-refractivity contribution in [2.75, 3.05) is 6.61 Å². The molecule has 5 heteroatoms. The summed E-state index contributed by atoms with van der Waals surface area (Å²) in [5, 5.41) is 3.03. The highest BCUT2D eigenvalue weighted by molar-refractivity contribution is 5.80. The molecule has 0 aromatic carbocycles. The molecule has 0 aliphatic carbocycles. The molecule has 2 atom stereocenters. The van der Waals surface area contributed by atoms with Gasteiger partial charge in [-0.2, -0.15) is 0 Å². The van der Waals surface area contributed by atoms with Gasteiger partial charge in [-0.15, -0.1) is 0 Å². The molecule has 0 heterocycles. The molecule has 0 aromatic heterocycles. The zero-order chi connectivity index (χ0) is 12.7.